The lowest BCUT2D eigenvalue weighted by molar-refractivity contribution is 0.0787. The molecule has 1 N–H and O–H groups in total. The van der Waals surface area contributed by atoms with E-state index in [9.17, 15) is 4.79 Å². The number of fused-ring (bicyclic) bond motifs is 1. The molecule has 0 spiro atoms. The number of aromatic nitrogens is 3. The number of carbonyl (C=O) groups excluding carboxylic acids is 1. The molecule has 150 valence electrons. The first kappa shape index (κ1) is 18.7. The zero-order chi connectivity index (χ0) is 20.5. The van der Waals surface area contributed by atoms with Gasteiger partial charge >= 0.3 is 0 Å². The summed E-state index contributed by atoms with van der Waals surface area (Å²) in [6, 6.07) is 17.9. The van der Waals surface area contributed by atoms with E-state index in [-0.39, 0.29) is 11.9 Å². The van der Waals surface area contributed by atoms with Gasteiger partial charge in [-0.1, -0.05) is 42.5 Å². The molecule has 5 rings (SSSR count). The molecule has 0 saturated carbocycles. The zero-order valence-corrected chi connectivity index (χ0v) is 17.4. The monoisotopic (exact) mass is 415 g/mol. The summed E-state index contributed by atoms with van der Waals surface area (Å²) in [7, 11) is 0. The van der Waals surface area contributed by atoms with Crippen LogP contribution in [0.1, 0.15) is 21.9 Å². The number of thiazole rings is 1. The smallest absolute Gasteiger partial charge is 0.274 e. The predicted octanol–water partition coefficient (Wildman–Crippen LogP) is 4.39. The normalized spacial score (nSPS) is 16.2. The van der Waals surface area contributed by atoms with Crippen molar-refractivity contribution in [3.63, 3.8) is 0 Å². The number of likely N-dealkylation sites (tertiary alicyclic amines) is 1. The molecular weight excluding hydrogens is 394 g/mol. The summed E-state index contributed by atoms with van der Waals surface area (Å²) in [5, 5.41) is 4.34. The van der Waals surface area contributed by atoms with E-state index in [0.29, 0.717) is 18.8 Å². The second-order valence-electron chi connectivity index (χ2n) is 7.40. The Morgan fingerprint density at radius 2 is 1.83 bits per heavy atom. The van der Waals surface area contributed by atoms with Crippen molar-refractivity contribution >= 4 is 34.1 Å². The minimum Gasteiger partial charge on any atom is -0.364 e. The average Bonchev–Trinajstić information content (AvgIpc) is 3.40. The average molecular weight is 416 g/mol. The number of amides is 1. The number of hydrogen-bond donors (Lipinski definition) is 1. The Morgan fingerprint density at radius 1 is 1.07 bits per heavy atom. The van der Waals surface area contributed by atoms with Gasteiger partial charge < -0.3 is 10.2 Å². The van der Waals surface area contributed by atoms with Crippen molar-refractivity contribution < 1.29 is 4.79 Å². The van der Waals surface area contributed by atoms with Crippen molar-refractivity contribution in [3.05, 3.63) is 71.5 Å². The largest absolute Gasteiger partial charge is 0.364 e. The molecule has 4 aromatic rings. The van der Waals surface area contributed by atoms with Crippen LogP contribution in [-0.2, 0) is 0 Å². The molecule has 1 amide bonds. The van der Waals surface area contributed by atoms with E-state index >= 15 is 0 Å². The fraction of sp³-hybridized carbons (Fsp3) is 0.217. The Hall–Kier alpha value is -3.32. The Morgan fingerprint density at radius 3 is 2.67 bits per heavy atom. The van der Waals surface area contributed by atoms with Gasteiger partial charge in [-0.25, -0.2) is 9.97 Å². The summed E-state index contributed by atoms with van der Waals surface area (Å²) in [6.07, 6.45) is 2.62. The van der Waals surface area contributed by atoms with Crippen LogP contribution in [0.3, 0.4) is 0 Å². The molecular formula is C23H21N5OS. The van der Waals surface area contributed by atoms with Crippen molar-refractivity contribution in [2.24, 2.45) is 0 Å². The highest BCUT2D eigenvalue weighted by Gasteiger charge is 2.30. The fourth-order valence-corrected chi connectivity index (χ4v) is 4.72. The van der Waals surface area contributed by atoms with Gasteiger partial charge in [0.05, 0.1) is 27.1 Å². The molecule has 1 fully saturated rings. The first-order chi connectivity index (χ1) is 14.7. The number of benzene rings is 2. The lowest BCUT2D eigenvalue weighted by Gasteiger charge is -2.17. The fourth-order valence-electron chi connectivity index (χ4n) is 3.81. The van der Waals surface area contributed by atoms with Gasteiger partial charge in [0.1, 0.15) is 11.5 Å². The highest BCUT2D eigenvalue weighted by atomic mass is 32.1. The van der Waals surface area contributed by atoms with Crippen molar-refractivity contribution in [2.45, 2.75) is 19.4 Å². The number of aryl methyl sites for hydroxylation is 1. The number of carbonyl (C=O) groups is 1. The lowest BCUT2D eigenvalue weighted by atomic mass is 10.1. The van der Waals surface area contributed by atoms with Gasteiger partial charge in [-0.15, -0.1) is 11.3 Å². The van der Waals surface area contributed by atoms with Crippen LogP contribution < -0.4 is 5.32 Å². The van der Waals surface area contributed by atoms with Crippen LogP contribution >= 0.6 is 11.3 Å². The molecule has 1 atom stereocenters. The molecule has 1 saturated heterocycles. The van der Waals surface area contributed by atoms with E-state index in [1.165, 1.54) is 0 Å². The first-order valence-corrected chi connectivity index (χ1v) is 10.8. The van der Waals surface area contributed by atoms with E-state index in [0.717, 1.165) is 38.7 Å². The Labute approximate surface area is 178 Å². The van der Waals surface area contributed by atoms with Gasteiger partial charge in [0.25, 0.3) is 5.91 Å². The molecule has 1 unspecified atom stereocenters. The van der Waals surface area contributed by atoms with Crippen LogP contribution in [0.2, 0.25) is 0 Å². The Balaban J connectivity index is 1.32. The SMILES string of the molecule is Cc1nc(C(=O)N2CCC(Nc3cnc4ccccc4n3)C2)c(-c2ccccc2)s1. The van der Waals surface area contributed by atoms with E-state index in [1.54, 1.807) is 17.5 Å². The third-order valence-corrected chi connectivity index (χ3v) is 6.27. The van der Waals surface area contributed by atoms with Crippen LogP contribution in [-0.4, -0.2) is 44.9 Å². The van der Waals surface area contributed by atoms with E-state index in [1.807, 2.05) is 66.4 Å². The number of rotatable bonds is 4. The van der Waals surface area contributed by atoms with Gasteiger partial charge in [0.15, 0.2) is 0 Å². The Bertz CT molecular complexity index is 1210. The van der Waals surface area contributed by atoms with E-state index < -0.39 is 0 Å². The summed E-state index contributed by atoms with van der Waals surface area (Å²) in [4.78, 5) is 29.7. The van der Waals surface area contributed by atoms with Gasteiger partial charge in [-0.3, -0.25) is 9.78 Å². The highest BCUT2D eigenvalue weighted by molar-refractivity contribution is 7.15. The summed E-state index contributed by atoms with van der Waals surface area (Å²) in [6.45, 7) is 3.26. The lowest BCUT2D eigenvalue weighted by Crippen LogP contribution is -2.32. The summed E-state index contributed by atoms with van der Waals surface area (Å²) in [5.74, 6) is 0.731. The molecule has 0 radical (unpaired) electrons. The molecule has 3 heterocycles. The minimum atomic E-state index is -0.00732. The van der Waals surface area contributed by atoms with Crippen molar-refractivity contribution in [3.8, 4) is 10.4 Å². The van der Waals surface area contributed by atoms with Gasteiger partial charge in [-0.05, 0) is 31.0 Å². The maximum absolute atomic E-state index is 13.2. The van der Waals surface area contributed by atoms with Crippen LogP contribution in [0.4, 0.5) is 5.82 Å². The van der Waals surface area contributed by atoms with Gasteiger partial charge in [0, 0.05) is 19.1 Å². The molecule has 30 heavy (non-hydrogen) atoms. The molecule has 0 bridgehead atoms. The second kappa shape index (κ2) is 7.84. The molecule has 2 aromatic carbocycles. The van der Waals surface area contributed by atoms with Gasteiger partial charge in [-0.2, -0.15) is 0 Å². The number of hydrogen-bond acceptors (Lipinski definition) is 6. The molecule has 1 aliphatic rings. The Kier molecular flexibility index (Phi) is 4.88. The minimum absolute atomic E-state index is 0.00732. The number of nitrogens with zero attached hydrogens (tertiary/aromatic N) is 4. The predicted molar refractivity (Wildman–Crippen MR) is 120 cm³/mol. The number of para-hydroxylation sites is 2. The molecule has 1 aliphatic heterocycles. The van der Waals surface area contributed by atoms with Crippen molar-refractivity contribution in [1.82, 2.24) is 19.9 Å². The summed E-state index contributed by atoms with van der Waals surface area (Å²) in [5.41, 5.74) is 3.32. The highest BCUT2D eigenvalue weighted by Crippen LogP contribution is 2.31. The van der Waals surface area contributed by atoms with Crippen molar-refractivity contribution in [2.75, 3.05) is 18.4 Å². The standard InChI is InChI=1S/C23H21N5OS/c1-15-25-21(22(30-15)16-7-3-2-4-8-16)23(29)28-12-11-17(14-28)26-20-13-24-18-9-5-6-10-19(18)27-20/h2-10,13,17H,11-12,14H2,1H3,(H,26,27). The summed E-state index contributed by atoms with van der Waals surface area (Å²) >= 11 is 1.57. The van der Waals surface area contributed by atoms with Crippen LogP contribution in [0.15, 0.2) is 60.8 Å². The molecule has 7 heteroatoms. The van der Waals surface area contributed by atoms with Crippen LogP contribution in [0.25, 0.3) is 21.5 Å². The van der Waals surface area contributed by atoms with Crippen molar-refractivity contribution in [1.29, 1.82) is 0 Å². The topological polar surface area (TPSA) is 71.0 Å². The first-order valence-electron chi connectivity index (χ1n) is 9.98. The van der Waals surface area contributed by atoms with Crippen LogP contribution in [0, 0.1) is 6.92 Å². The quantitative estimate of drug-likeness (QED) is 0.535. The number of nitrogens with one attached hydrogen (secondary N) is 1. The third kappa shape index (κ3) is 3.64. The van der Waals surface area contributed by atoms with Gasteiger partial charge in [0.2, 0.25) is 0 Å². The second-order valence-corrected chi connectivity index (χ2v) is 8.60. The molecule has 0 aliphatic carbocycles. The van der Waals surface area contributed by atoms with E-state index in [4.69, 9.17) is 0 Å². The number of anilines is 1. The molecule has 2 aromatic heterocycles. The third-order valence-electron chi connectivity index (χ3n) is 5.25. The maximum atomic E-state index is 13.2. The maximum Gasteiger partial charge on any atom is 0.274 e. The van der Waals surface area contributed by atoms with Crippen LogP contribution in [0.5, 0.6) is 0 Å². The molecule has 6 nitrogen and oxygen atoms in total. The summed E-state index contributed by atoms with van der Waals surface area (Å²) < 4.78 is 0. The zero-order valence-electron chi connectivity index (χ0n) is 16.6. The van der Waals surface area contributed by atoms with E-state index in [2.05, 4.69) is 20.3 Å².